The first-order valence-electron chi connectivity index (χ1n) is 9.36. The van der Waals surface area contributed by atoms with Crippen LogP contribution < -0.4 is 4.74 Å². The molecule has 0 saturated carbocycles. The van der Waals surface area contributed by atoms with Gasteiger partial charge in [-0.2, -0.15) is 9.57 Å². The van der Waals surface area contributed by atoms with E-state index in [0.717, 1.165) is 23.3 Å². The third-order valence-corrected chi connectivity index (χ3v) is 7.07. The molecule has 2 aromatic rings. The van der Waals surface area contributed by atoms with E-state index in [1.54, 1.807) is 19.2 Å². The van der Waals surface area contributed by atoms with Gasteiger partial charge in [0.1, 0.15) is 11.8 Å². The van der Waals surface area contributed by atoms with E-state index in [9.17, 15) is 13.7 Å². The summed E-state index contributed by atoms with van der Waals surface area (Å²) >= 11 is 0. The molecule has 1 unspecified atom stereocenters. The Morgan fingerprint density at radius 1 is 1.04 bits per heavy atom. The molecule has 148 valence electrons. The van der Waals surface area contributed by atoms with Crippen molar-refractivity contribution in [3.63, 3.8) is 0 Å². The second kappa shape index (κ2) is 8.74. The Hall–Kier alpha value is -2.40. The summed E-state index contributed by atoms with van der Waals surface area (Å²) in [4.78, 5) is 2.35. The van der Waals surface area contributed by atoms with Crippen molar-refractivity contribution >= 4 is 10.0 Å². The van der Waals surface area contributed by atoms with Crippen LogP contribution in [0.15, 0.2) is 53.4 Å². The standard InChI is InChI=1S/C21H25N3O3S/c1-3-17-4-10-20(11-5-17)28(25,26)24-14-12-23(13-15-24)21(16-22)18-6-8-19(27-2)9-7-18/h4-11,21H,3,12-15H2,1-2H3. The zero-order chi connectivity index (χ0) is 20.1. The molecule has 1 aliphatic heterocycles. The number of aryl methyl sites for hydroxylation is 1. The highest BCUT2D eigenvalue weighted by atomic mass is 32.2. The Morgan fingerprint density at radius 2 is 1.64 bits per heavy atom. The molecule has 1 fully saturated rings. The van der Waals surface area contributed by atoms with Crippen LogP contribution >= 0.6 is 0 Å². The second-order valence-electron chi connectivity index (χ2n) is 6.74. The largest absolute Gasteiger partial charge is 0.497 e. The number of benzene rings is 2. The van der Waals surface area contributed by atoms with Crippen LogP contribution in [0.1, 0.15) is 24.1 Å². The zero-order valence-corrected chi connectivity index (χ0v) is 17.0. The van der Waals surface area contributed by atoms with Gasteiger partial charge in [-0.05, 0) is 41.8 Å². The summed E-state index contributed by atoms with van der Waals surface area (Å²) < 4.78 is 32.5. The van der Waals surface area contributed by atoms with Crippen molar-refractivity contribution in [3.8, 4) is 11.8 Å². The molecular formula is C21H25N3O3S. The molecule has 0 bridgehead atoms. The first-order chi connectivity index (χ1) is 13.5. The van der Waals surface area contributed by atoms with Gasteiger partial charge in [0.15, 0.2) is 0 Å². The molecule has 7 heteroatoms. The summed E-state index contributed by atoms with van der Waals surface area (Å²) in [5.41, 5.74) is 2.00. The van der Waals surface area contributed by atoms with Crippen LogP contribution in [0.25, 0.3) is 0 Å². The number of rotatable bonds is 6. The van der Waals surface area contributed by atoms with Crippen molar-refractivity contribution < 1.29 is 13.2 Å². The van der Waals surface area contributed by atoms with Gasteiger partial charge in [-0.25, -0.2) is 8.42 Å². The molecule has 1 aliphatic rings. The number of sulfonamides is 1. The van der Waals surface area contributed by atoms with E-state index < -0.39 is 16.1 Å². The van der Waals surface area contributed by atoms with Crippen LogP contribution in [0.3, 0.4) is 0 Å². The summed E-state index contributed by atoms with van der Waals surface area (Å²) in [5, 5.41) is 9.66. The fraction of sp³-hybridized carbons (Fsp3) is 0.381. The maximum Gasteiger partial charge on any atom is 0.243 e. The number of methoxy groups -OCH3 is 1. The zero-order valence-electron chi connectivity index (χ0n) is 16.2. The smallest absolute Gasteiger partial charge is 0.243 e. The average molecular weight is 400 g/mol. The molecule has 0 radical (unpaired) electrons. The van der Waals surface area contributed by atoms with E-state index in [1.165, 1.54) is 4.31 Å². The predicted molar refractivity (Wildman–Crippen MR) is 107 cm³/mol. The Morgan fingerprint density at radius 3 is 2.14 bits per heavy atom. The lowest BCUT2D eigenvalue weighted by Gasteiger charge is -2.36. The number of hydrogen-bond acceptors (Lipinski definition) is 5. The van der Waals surface area contributed by atoms with Crippen molar-refractivity contribution in [1.29, 1.82) is 5.26 Å². The molecule has 0 N–H and O–H groups in total. The Bertz CT molecular complexity index is 926. The Balaban J connectivity index is 1.69. The topological polar surface area (TPSA) is 73.6 Å². The molecule has 6 nitrogen and oxygen atoms in total. The lowest BCUT2D eigenvalue weighted by atomic mass is 10.1. The van der Waals surface area contributed by atoms with Crippen LogP contribution in [0, 0.1) is 11.3 Å². The van der Waals surface area contributed by atoms with Crippen molar-refractivity contribution in [2.24, 2.45) is 0 Å². The number of ether oxygens (including phenoxy) is 1. The van der Waals surface area contributed by atoms with Gasteiger partial charge in [0.05, 0.1) is 18.1 Å². The third kappa shape index (κ3) is 4.20. The van der Waals surface area contributed by atoms with Gasteiger partial charge in [-0.15, -0.1) is 0 Å². The van der Waals surface area contributed by atoms with Gasteiger partial charge in [-0.1, -0.05) is 31.2 Å². The Labute approximate surface area is 167 Å². The van der Waals surface area contributed by atoms with E-state index in [-0.39, 0.29) is 0 Å². The molecule has 0 spiro atoms. The molecule has 0 amide bonds. The molecule has 0 aromatic heterocycles. The summed E-state index contributed by atoms with van der Waals surface area (Å²) in [5.74, 6) is 0.741. The summed E-state index contributed by atoms with van der Waals surface area (Å²) in [6, 6.07) is 16.4. The number of nitriles is 1. The first-order valence-corrected chi connectivity index (χ1v) is 10.8. The van der Waals surface area contributed by atoms with Gasteiger partial charge in [-0.3, -0.25) is 4.90 Å². The van der Waals surface area contributed by atoms with E-state index in [2.05, 4.69) is 6.07 Å². The van der Waals surface area contributed by atoms with Crippen LogP contribution in [-0.2, 0) is 16.4 Å². The van der Waals surface area contributed by atoms with Crippen molar-refractivity contribution in [1.82, 2.24) is 9.21 Å². The minimum Gasteiger partial charge on any atom is -0.497 e. The summed E-state index contributed by atoms with van der Waals surface area (Å²) in [7, 11) is -1.91. The average Bonchev–Trinajstić information content (AvgIpc) is 2.75. The molecule has 1 saturated heterocycles. The fourth-order valence-corrected chi connectivity index (χ4v) is 4.82. The lowest BCUT2D eigenvalue weighted by Crippen LogP contribution is -2.49. The number of piperazine rings is 1. The molecule has 1 atom stereocenters. The third-order valence-electron chi connectivity index (χ3n) is 5.16. The monoisotopic (exact) mass is 399 g/mol. The minimum atomic E-state index is -3.51. The maximum atomic E-state index is 12.9. The normalized spacial score (nSPS) is 17.0. The molecule has 2 aromatic carbocycles. The van der Waals surface area contributed by atoms with Crippen molar-refractivity contribution in [3.05, 3.63) is 59.7 Å². The highest BCUT2D eigenvalue weighted by Gasteiger charge is 2.31. The highest BCUT2D eigenvalue weighted by molar-refractivity contribution is 7.89. The molecule has 3 rings (SSSR count). The molecule has 28 heavy (non-hydrogen) atoms. The SMILES string of the molecule is CCc1ccc(S(=O)(=O)N2CCN(C(C#N)c3ccc(OC)cc3)CC2)cc1. The Kier molecular flexibility index (Phi) is 6.35. The second-order valence-corrected chi connectivity index (χ2v) is 8.68. The number of nitrogens with zero attached hydrogens (tertiary/aromatic N) is 3. The molecular weight excluding hydrogens is 374 g/mol. The summed E-state index contributed by atoms with van der Waals surface area (Å²) in [6.07, 6.45) is 0.875. The molecule has 1 heterocycles. The first kappa shape index (κ1) is 20.3. The predicted octanol–water partition coefficient (Wildman–Crippen LogP) is 2.83. The summed E-state index contributed by atoms with van der Waals surface area (Å²) in [6.45, 7) is 3.79. The van der Waals surface area contributed by atoms with Gasteiger partial charge < -0.3 is 4.74 Å². The van der Waals surface area contributed by atoms with Crippen LogP contribution in [0.4, 0.5) is 0 Å². The van der Waals surface area contributed by atoms with Crippen LogP contribution in [0.2, 0.25) is 0 Å². The van der Waals surface area contributed by atoms with Gasteiger partial charge >= 0.3 is 0 Å². The quantitative estimate of drug-likeness (QED) is 0.747. The maximum absolute atomic E-state index is 12.9. The van der Waals surface area contributed by atoms with Gasteiger partial charge in [0, 0.05) is 26.2 Å². The minimum absolute atomic E-state index is 0.324. The molecule has 0 aliphatic carbocycles. The van der Waals surface area contributed by atoms with E-state index in [0.29, 0.717) is 31.1 Å². The van der Waals surface area contributed by atoms with E-state index in [4.69, 9.17) is 4.74 Å². The van der Waals surface area contributed by atoms with Crippen LogP contribution in [0.5, 0.6) is 5.75 Å². The van der Waals surface area contributed by atoms with Crippen molar-refractivity contribution in [2.75, 3.05) is 33.3 Å². The van der Waals surface area contributed by atoms with E-state index in [1.807, 2.05) is 48.2 Å². The van der Waals surface area contributed by atoms with E-state index >= 15 is 0 Å². The fourth-order valence-electron chi connectivity index (χ4n) is 3.40. The number of hydrogen-bond donors (Lipinski definition) is 0. The highest BCUT2D eigenvalue weighted by Crippen LogP contribution is 2.25. The lowest BCUT2D eigenvalue weighted by molar-refractivity contribution is 0.162. The van der Waals surface area contributed by atoms with Crippen LogP contribution in [-0.4, -0.2) is 50.9 Å². The van der Waals surface area contributed by atoms with Crippen molar-refractivity contribution in [2.45, 2.75) is 24.3 Å². The van der Waals surface area contributed by atoms with Gasteiger partial charge in [0.2, 0.25) is 10.0 Å². The van der Waals surface area contributed by atoms with Gasteiger partial charge in [0.25, 0.3) is 0 Å².